The summed E-state index contributed by atoms with van der Waals surface area (Å²) < 4.78 is 0. The Kier molecular flexibility index (Phi) is 5.47. The molecule has 3 N–H and O–H groups in total. The molecule has 1 saturated carbocycles. The van der Waals surface area contributed by atoms with E-state index < -0.39 is 6.10 Å². The number of hydrogen-bond acceptors (Lipinski definition) is 3. The Labute approximate surface area is 130 Å². The van der Waals surface area contributed by atoms with Gasteiger partial charge in [-0.3, -0.25) is 4.79 Å². The van der Waals surface area contributed by atoms with Crippen LogP contribution < -0.4 is 5.32 Å². The van der Waals surface area contributed by atoms with Gasteiger partial charge in [-0.2, -0.15) is 0 Å². The zero-order valence-electron chi connectivity index (χ0n) is 12.4. The Morgan fingerprint density at radius 3 is 2.90 bits per heavy atom. The third-order valence-corrected chi connectivity index (χ3v) is 4.90. The van der Waals surface area contributed by atoms with Crippen LogP contribution in [0.3, 0.4) is 0 Å². The minimum atomic E-state index is -0.709. The van der Waals surface area contributed by atoms with Gasteiger partial charge in [0.25, 0.3) is 0 Å². The van der Waals surface area contributed by atoms with E-state index in [9.17, 15) is 9.90 Å². The fourth-order valence-corrected chi connectivity index (χ4v) is 3.47. The summed E-state index contributed by atoms with van der Waals surface area (Å²) in [6, 6.07) is 0. The third kappa shape index (κ3) is 3.87. The molecule has 21 heavy (non-hydrogen) atoms. The van der Waals surface area contributed by atoms with Crippen molar-refractivity contribution in [2.24, 2.45) is 17.3 Å². The van der Waals surface area contributed by atoms with Crippen molar-refractivity contribution in [1.82, 2.24) is 5.32 Å². The van der Waals surface area contributed by atoms with Crippen molar-refractivity contribution in [3.8, 4) is 0 Å². The monoisotopic (exact) mass is 313 g/mol. The number of allylic oxidation sites excluding steroid dienone is 3. The Morgan fingerprint density at radius 2 is 2.29 bits per heavy atom. The number of nitrogens with one attached hydrogen (secondary N) is 1. The van der Waals surface area contributed by atoms with E-state index in [1.807, 2.05) is 6.08 Å². The Bertz CT molecular complexity index is 445. The number of carbonyl (C=O) groups is 1. The Morgan fingerprint density at radius 1 is 1.57 bits per heavy atom. The SMILES string of the molecule is CC1(C2CC2)C=CC=C(Cl)C1C(=O)NCCCC(O)CO. The van der Waals surface area contributed by atoms with E-state index in [1.165, 1.54) is 0 Å². The molecule has 1 fully saturated rings. The second-order valence-corrected chi connectivity index (χ2v) is 6.69. The number of amides is 1. The third-order valence-electron chi connectivity index (χ3n) is 4.55. The first kappa shape index (κ1) is 16.5. The second-order valence-electron chi connectivity index (χ2n) is 6.25. The van der Waals surface area contributed by atoms with Gasteiger partial charge in [0.1, 0.15) is 0 Å². The summed E-state index contributed by atoms with van der Waals surface area (Å²) in [5, 5.41) is 21.5. The van der Waals surface area contributed by atoms with Crippen molar-refractivity contribution in [2.45, 2.75) is 38.7 Å². The smallest absolute Gasteiger partial charge is 0.229 e. The molecule has 3 atom stereocenters. The molecule has 1 amide bonds. The quantitative estimate of drug-likeness (QED) is 0.629. The second kappa shape index (κ2) is 6.95. The van der Waals surface area contributed by atoms with Crippen molar-refractivity contribution < 1.29 is 15.0 Å². The molecule has 118 valence electrons. The Hall–Kier alpha value is -0.840. The highest BCUT2D eigenvalue weighted by Crippen LogP contribution is 2.54. The van der Waals surface area contributed by atoms with E-state index >= 15 is 0 Å². The lowest BCUT2D eigenvalue weighted by atomic mass is 9.70. The van der Waals surface area contributed by atoms with Crippen molar-refractivity contribution in [3.63, 3.8) is 0 Å². The molecule has 4 nitrogen and oxygen atoms in total. The molecule has 0 saturated heterocycles. The minimum absolute atomic E-state index is 0.0477. The van der Waals surface area contributed by atoms with Crippen LogP contribution in [0.1, 0.15) is 32.6 Å². The lowest BCUT2D eigenvalue weighted by molar-refractivity contribution is -0.126. The van der Waals surface area contributed by atoms with Crippen molar-refractivity contribution in [1.29, 1.82) is 0 Å². The number of aliphatic hydroxyl groups excluding tert-OH is 2. The lowest BCUT2D eigenvalue weighted by Crippen LogP contribution is -2.42. The van der Waals surface area contributed by atoms with Crippen LogP contribution in [0, 0.1) is 17.3 Å². The van der Waals surface area contributed by atoms with Crippen LogP contribution in [0.2, 0.25) is 0 Å². The largest absolute Gasteiger partial charge is 0.394 e. The van der Waals surface area contributed by atoms with Crippen molar-refractivity contribution in [3.05, 3.63) is 23.3 Å². The number of carbonyl (C=O) groups excluding carboxylic acids is 1. The zero-order valence-corrected chi connectivity index (χ0v) is 13.1. The molecule has 3 unspecified atom stereocenters. The molecule has 0 bridgehead atoms. The molecule has 2 aliphatic carbocycles. The normalized spacial score (nSPS) is 29.9. The molecular formula is C16H24ClNO3. The first-order valence-electron chi connectivity index (χ1n) is 7.60. The van der Waals surface area contributed by atoms with Gasteiger partial charge in [-0.05, 0) is 37.7 Å². The summed E-state index contributed by atoms with van der Waals surface area (Å²) in [5.74, 6) is 0.163. The standard InChI is InChI=1S/C16H24ClNO3/c1-16(11-6-7-11)8-2-5-13(17)14(16)15(21)18-9-3-4-12(20)10-19/h2,5,8,11-12,14,19-20H,3-4,6-7,9-10H2,1H3,(H,18,21). The summed E-state index contributed by atoms with van der Waals surface area (Å²) in [6.07, 6.45) is 8.56. The van der Waals surface area contributed by atoms with E-state index in [1.54, 1.807) is 6.08 Å². The molecule has 5 heteroatoms. The average molecular weight is 314 g/mol. The summed E-state index contributed by atoms with van der Waals surface area (Å²) in [7, 11) is 0. The van der Waals surface area contributed by atoms with Gasteiger partial charge in [0, 0.05) is 17.0 Å². The average Bonchev–Trinajstić information content (AvgIpc) is 3.28. The zero-order chi connectivity index (χ0) is 15.5. The fourth-order valence-electron chi connectivity index (χ4n) is 3.06. The van der Waals surface area contributed by atoms with E-state index in [-0.39, 0.29) is 23.8 Å². The minimum Gasteiger partial charge on any atom is -0.394 e. The van der Waals surface area contributed by atoms with Gasteiger partial charge in [0.2, 0.25) is 5.91 Å². The van der Waals surface area contributed by atoms with Gasteiger partial charge in [-0.15, -0.1) is 0 Å². The molecular weight excluding hydrogens is 290 g/mol. The van der Waals surface area contributed by atoms with Gasteiger partial charge in [0.15, 0.2) is 0 Å². The maximum absolute atomic E-state index is 12.5. The van der Waals surface area contributed by atoms with Gasteiger partial charge in [-0.25, -0.2) is 0 Å². The van der Waals surface area contributed by atoms with Crippen LogP contribution in [-0.4, -0.2) is 35.4 Å². The molecule has 0 spiro atoms. The predicted octanol–water partition coefficient (Wildman–Crippen LogP) is 1.96. The molecule has 0 aromatic rings. The maximum atomic E-state index is 12.5. The molecule has 0 radical (unpaired) electrons. The molecule has 0 aromatic carbocycles. The van der Waals surface area contributed by atoms with Gasteiger partial charge in [-0.1, -0.05) is 30.7 Å². The number of rotatable bonds is 7. The summed E-state index contributed by atoms with van der Waals surface area (Å²) >= 11 is 6.30. The van der Waals surface area contributed by atoms with E-state index in [2.05, 4.69) is 18.3 Å². The molecule has 0 heterocycles. The number of hydrogen-bond donors (Lipinski definition) is 3. The summed E-state index contributed by atoms with van der Waals surface area (Å²) in [5.41, 5.74) is -0.194. The molecule has 0 aromatic heterocycles. The van der Waals surface area contributed by atoms with Crippen molar-refractivity contribution >= 4 is 17.5 Å². The van der Waals surface area contributed by atoms with E-state index in [0.29, 0.717) is 30.3 Å². The fraction of sp³-hybridized carbons (Fsp3) is 0.688. The predicted molar refractivity (Wildman–Crippen MR) is 82.7 cm³/mol. The van der Waals surface area contributed by atoms with Gasteiger partial charge < -0.3 is 15.5 Å². The van der Waals surface area contributed by atoms with E-state index in [4.69, 9.17) is 16.7 Å². The lowest BCUT2D eigenvalue weighted by Gasteiger charge is -2.36. The topological polar surface area (TPSA) is 69.6 Å². The van der Waals surface area contributed by atoms with E-state index in [0.717, 1.165) is 12.8 Å². The maximum Gasteiger partial charge on any atom is 0.229 e. The summed E-state index contributed by atoms with van der Waals surface area (Å²) in [4.78, 5) is 12.5. The molecule has 0 aliphatic heterocycles. The Balaban J connectivity index is 1.90. The number of aliphatic hydroxyl groups is 2. The van der Waals surface area contributed by atoms with Crippen LogP contribution >= 0.6 is 11.6 Å². The summed E-state index contributed by atoms with van der Waals surface area (Å²) in [6.45, 7) is 2.35. The molecule has 2 aliphatic rings. The van der Waals surface area contributed by atoms with Crippen LogP contribution in [0.5, 0.6) is 0 Å². The van der Waals surface area contributed by atoms with Crippen LogP contribution in [0.15, 0.2) is 23.3 Å². The highest BCUT2D eigenvalue weighted by Gasteiger charge is 2.49. The highest BCUT2D eigenvalue weighted by molar-refractivity contribution is 6.31. The molecule has 2 rings (SSSR count). The van der Waals surface area contributed by atoms with Crippen molar-refractivity contribution in [2.75, 3.05) is 13.2 Å². The van der Waals surface area contributed by atoms with Gasteiger partial charge in [0.05, 0.1) is 18.6 Å². The highest BCUT2D eigenvalue weighted by atomic mass is 35.5. The first-order chi connectivity index (χ1) is 9.99. The van der Waals surface area contributed by atoms with Gasteiger partial charge >= 0.3 is 0 Å². The van der Waals surface area contributed by atoms with Crippen LogP contribution in [-0.2, 0) is 4.79 Å². The van der Waals surface area contributed by atoms with Crippen LogP contribution in [0.25, 0.3) is 0 Å². The van der Waals surface area contributed by atoms with Crippen LogP contribution in [0.4, 0.5) is 0 Å². The first-order valence-corrected chi connectivity index (χ1v) is 7.98. The number of halogens is 1.